The number of methoxy groups -OCH3 is 1. The van der Waals surface area contributed by atoms with E-state index in [-0.39, 0.29) is 5.56 Å². The molecule has 0 bridgehead atoms. The van der Waals surface area contributed by atoms with Crippen molar-refractivity contribution in [1.82, 2.24) is 14.5 Å². The Morgan fingerprint density at radius 3 is 2.53 bits per heavy atom. The third-order valence-corrected chi connectivity index (χ3v) is 5.75. The summed E-state index contributed by atoms with van der Waals surface area (Å²) in [6.45, 7) is 2.45. The summed E-state index contributed by atoms with van der Waals surface area (Å²) in [4.78, 5) is 29.9. The van der Waals surface area contributed by atoms with Gasteiger partial charge in [-0.1, -0.05) is 36.4 Å². The number of hydrogen-bond donors (Lipinski definition) is 3. The van der Waals surface area contributed by atoms with Gasteiger partial charge in [0.15, 0.2) is 0 Å². The topological polar surface area (TPSA) is 123 Å². The second kappa shape index (κ2) is 10.9. The molecule has 8 heteroatoms. The van der Waals surface area contributed by atoms with Crippen molar-refractivity contribution >= 4 is 27.9 Å². The van der Waals surface area contributed by atoms with Crippen LogP contribution in [0.1, 0.15) is 13.3 Å². The number of aliphatic carboxylic acids is 1. The fourth-order valence-corrected chi connectivity index (χ4v) is 4.12. The Morgan fingerprint density at radius 2 is 1.83 bits per heavy atom. The zero-order chi connectivity index (χ0) is 25.7. The molecule has 8 nitrogen and oxygen atoms in total. The van der Waals surface area contributed by atoms with E-state index in [1.165, 1.54) is 0 Å². The molecule has 2 heterocycles. The van der Waals surface area contributed by atoms with Crippen molar-refractivity contribution in [3.63, 3.8) is 0 Å². The summed E-state index contributed by atoms with van der Waals surface area (Å²) in [5.41, 5.74) is 11.3. The first-order chi connectivity index (χ1) is 17.4. The maximum atomic E-state index is 13.1. The minimum absolute atomic E-state index is 0.219. The van der Waals surface area contributed by atoms with E-state index < -0.39 is 5.97 Å². The van der Waals surface area contributed by atoms with Gasteiger partial charge in [0.1, 0.15) is 11.4 Å². The SMILES string of the molecule is CC(=O)O.COc1ccc2c(c1)c(-c1nc3ccc(-c4ccccc4)cc3[nH]c1=O)cn2CCCN. The lowest BCUT2D eigenvalue weighted by Gasteiger charge is -2.06. The van der Waals surface area contributed by atoms with Gasteiger partial charge in [-0.25, -0.2) is 4.98 Å². The van der Waals surface area contributed by atoms with Gasteiger partial charge in [0.25, 0.3) is 11.5 Å². The summed E-state index contributed by atoms with van der Waals surface area (Å²) < 4.78 is 7.55. The molecule has 0 aliphatic rings. The summed E-state index contributed by atoms with van der Waals surface area (Å²) in [5.74, 6) is -0.0972. The van der Waals surface area contributed by atoms with Gasteiger partial charge in [0.05, 0.1) is 18.1 Å². The zero-order valence-corrected chi connectivity index (χ0v) is 20.2. The van der Waals surface area contributed by atoms with Crippen LogP contribution in [-0.2, 0) is 11.3 Å². The molecule has 5 aromatic rings. The van der Waals surface area contributed by atoms with Gasteiger partial charge in [-0.15, -0.1) is 0 Å². The first-order valence-electron chi connectivity index (χ1n) is 11.6. The molecule has 0 amide bonds. The van der Waals surface area contributed by atoms with Crippen molar-refractivity contribution < 1.29 is 14.6 Å². The second-order valence-corrected chi connectivity index (χ2v) is 8.29. The van der Waals surface area contributed by atoms with E-state index in [4.69, 9.17) is 25.4 Å². The summed E-state index contributed by atoms with van der Waals surface area (Å²) in [6, 6.07) is 21.9. The Morgan fingerprint density at radius 1 is 1.08 bits per heavy atom. The lowest BCUT2D eigenvalue weighted by molar-refractivity contribution is -0.134. The number of aromatic nitrogens is 3. The highest BCUT2D eigenvalue weighted by Gasteiger charge is 2.16. The minimum Gasteiger partial charge on any atom is -0.497 e. The van der Waals surface area contributed by atoms with E-state index in [9.17, 15) is 4.79 Å². The highest BCUT2D eigenvalue weighted by molar-refractivity contribution is 5.97. The Balaban J connectivity index is 0.000000709. The largest absolute Gasteiger partial charge is 0.497 e. The predicted octanol–water partition coefficient (Wildman–Crippen LogP) is 4.66. The van der Waals surface area contributed by atoms with Crippen LogP contribution in [0.5, 0.6) is 5.75 Å². The van der Waals surface area contributed by atoms with Crippen LogP contribution in [0.4, 0.5) is 0 Å². The van der Waals surface area contributed by atoms with Crippen molar-refractivity contribution in [2.75, 3.05) is 13.7 Å². The van der Waals surface area contributed by atoms with E-state index in [1.54, 1.807) is 7.11 Å². The smallest absolute Gasteiger partial charge is 0.300 e. The van der Waals surface area contributed by atoms with Crippen molar-refractivity contribution in [1.29, 1.82) is 0 Å². The number of aryl methyl sites for hydroxylation is 1. The van der Waals surface area contributed by atoms with Crippen LogP contribution in [0.2, 0.25) is 0 Å². The first-order valence-corrected chi connectivity index (χ1v) is 11.6. The normalized spacial score (nSPS) is 10.8. The maximum Gasteiger partial charge on any atom is 0.300 e. The number of nitrogens with two attached hydrogens (primary N) is 1. The van der Waals surface area contributed by atoms with E-state index in [2.05, 4.69) is 9.55 Å². The quantitative estimate of drug-likeness (QED) is 0.322. The van der Waals surface area contributed by atoms with E-state index in [1.807, 2.05) is 72.9 Å². The number of fused-ring (bicyclic) bond motifs is 2. The Kier molecular flexibility index (Phi) is 7.46. The standard InChI is InChI=1S/C26H24N4O2.C2H4O2/c1-32-19-9-11-24-20(15-19)21(16-30(24)13-5-12-27)25-26(31)29-23-14-18(8-10-22(23)28-25)17-6-3-2-4-7-17;1-2(3)4/h2-4,6-11,14-16H,5,12-13,27H2,1H3,(H,29,31);1H3,(H,3,4). The molecule has 184 valence electrons. The van der Waals surface area contributed by atoms with Gasteiger partial charge in [-0.05, 0) is 54.4 Å². The molecule has 0 saturated carbocycles. The number of rotatable bonds is 6. The Bertz CT molecular complexity index is 1570. The van der Waals surface area contributed by atoms with Crippen molar-refractivity contribution in [3.8, 4) is 28.1 Å². The predicted molar refractivity (Wildman–Crippen MR) is 142 cm³/mol. The summed E-state index contributed by atoms with van der Waals surface area (Å²) in [7, 11) is 1.64. The number of hydrogen-bond acceptors (Lipinski definition) is 5. The molecule has 0 radical (unpaired) electrons. The summed E-state index contributed by atoms with van der Waals surface area (Å²) in [5, 5.41) is 8.35. The average Bonchev–Trinajstić information content (AvgIpc) is 3.24. The molecule has 0 unspecified atom stereocenters. The molecule has 0 spiro atoms. The molecular formula is C28H28N4O4. The molecule has 3 aromatic carbocycles. The lowest BCUT2D eigenvalue weighted by Crippen LogP contribution is -2.11. The molecule has 0 atom stereocenters. The number of nitrogens with zero attached hydrogens (tertiary/aromatic N) is 2. The van der Waals surface area contributed by atoms with E-state index in [0.717, 1.165) is 58.7 Å². The summed E-state index contributed by atoms with van der Waals surface area (Å²) >= 11 is 0. The van der Waals surface area contributed by atoms with Gasteiger partial charge < -0.3 is 25.1 Å². The Hall–Kier alpha value is -4.43. The molecule has 5 rings (SSSR count). The molecule has 4 N–H and O–H groups in total. The Labute approximate surface area is 208 Å². The molecule has 0 aliphatic carbocycles. The monoisotopic (exact) mass is 484 g/mol. The van der Waals surface area contributed by atoms with Gasteiger partial charge in [0.2, 0.25) is 0 Å². The van der Waals surface area contributed by atoms with E-state index in [0.29, 0.717) is 17.8 Å². The molecule has 0 aliphatic heterocycles. The number of nitrogens with one attached hydrogen (secondary N) is 1. The van der Waals surface area contributed by atoms with Crippen LogP contribution in [-0.4, -0.2) is 39.3 Å². The highest BCUT2D eigenvalue weighted by Crippen LogP contribution is 2.32. The molecular weight excluding hydrogens is 456 g/mol. The third kappa shape index (κ3) is 5.29. The number of carboxylic acids is 1. The number of aromatic amines is 1. The number of H-pyrrole nitrogens is 1. The molecule has 36 heavy (non-hydrogen) atoms. The molecule has 0 saturated heterocycles. The maximum absolute atomic E-state index is 13.1. The number of carboxylic acid groups (broad SMARTS) is 1. The van der Waals surface area contributed by atoms with Crippen LogP contribution >= 0.6 is 0 Å². The van der Waals surface area contributed by atoms with Gasteiger partial charge in [-0.2, -0.15) is 0 Å². The van der Waals surface area contributed by atoms with Crippen LogP contribution in [0.3, 0.4) is 0 Å². The van der Waals surface area contributed by atoms with Crippen molar-refractivity contribution in [3.05, 3.63) is 83.3 Å². The van der Waals surface area contributed by atoms with Crippen molar-refractivity contribution in [2.24, 2.45) is 5.73 Å². The van der Waals surface area contributed by atoms with E-state index >= 15 is 0 Å². The number of ether oxygens (including phenoxy) is 1. The van der Waals surface area contributed by atoms with Crippen LogP contribution in [0, 0.1) is 0 Å². The fourth-order valence-electron chi connectivity index (χ4n) is 4.12. The van der Waals surface area contributed by atoms with Crippen molar-refractivity contribution in [2.45, 2.75) is 19.9 Å². The highest BCUT2D eigenvalue weighted by atomic mass is 16.5. The summed E-state index contributed by atoms with van der Waals surface area (Å²) in [6.07, 6.45) is 2.83. The number of benzene rings is 3. The van der Waals surface area contributed by atoms with Crippen LogP contribution in [0.15, 0.2) is 77.7 Å². The first kappa shape index (κ1) is 24.7. The van der Waals surface area contributed by atoms with Gasteiger partial charge in [-0.3, -0.25) is 9.59 Å². The lowest BCUT2D eigenvalue weighted by atomic mass is 10.0. The number of carbonyl (C=O) groups is 1. The fraction of sp³-hybridized carbons (Fsp3) is 0.179. The zero-order valence-electron chi connectivity index (χ0n) is 20.2. The molecule has 2 aromatic heterocycles. The minimum atomic E-state index is -0.833. The average molecular weight is 485 g/mol. The van der Waals surface area contributed by atoms with Crippen LogP contribution < -0.4 is 16.0 Å². The second-order valence-electron chi connectivity index (χ2n) is 8.29. The van der Waals surface area contributed by atoms with Gasteiger partial charge >= 0.3 is 0 Å². The third-order valence-electron chi connectivity index (χ3n) is 5.75. The van der Waals surface area contributed by atoms with Crippen LogP contribution in [0.25, 0.3) is 44.3 Å². The van der Waals surface area contributed by atoms with Gasteiger partial charge in [0, 0.05) is 36.1 Å². The molecule has 0 fully saturated rings.